The smallest absolute Gasteiger partial charge is 0.00324 e. The van der Waals surface area contributed by atoms with Gasteiger partial charge in [-0.2, -0.15) is 0 Å². The maximum atomic E-state index is 2.31. The molecule has 0 unspecified atom stereocenters. The summed E-state index contributed by atoms with van der Waals surface area (Å²) in [7, 11) is 0. The number of hydrogen-bond donors (Lipinski definition) is 0. The molecule has 0 nitrogen and oxygen atoms in total. The highest BCUT2D eigenvalue weighted by atomic mass is 32.2. The highest BCUT2D eigenvalue weighted by molar-refractivity contribution is 8.02. The Bertz CT molecular complexity index is 424. The summed E-state index contributed by atoms with van der Waals surface area (Å²) < 4.78 is 0. The predicted octanol–water partition coefficient (Wildman–Crippen LogP) is 4.36. The fourth-order valence-electron chi connectivity index (χ4n) is 1.77. The molecule has 0 fully saturated rings. The molecule has 1 aliphatic carbocycles. The van der Waals surface area contributed by atoms with Crippen molar-refractivity contribution < 1.29 is 0 Å². The number of allylic oxidation sites excluding steroid dienone is 5. The molecular formula is C15H16S. The van der Waals surface area contributed by atoms with E-state index < -0.39 is 0 Å². The van der Waals surface area contributed by atoms with Crippen LogP contribution in [0.1, 0.15) is 12.0 Å². The van der Waals surface area contributed by atoms with Crippen LogP contribution in [0.3, 0.4) is 0 Å². The van der Waals surface area contributed by atoms with Crippen LogP contribution in [0, 0.1) is 0 Å². The van der Waals surface area contributed by atoms with Gasteiger partial charge >= 0.3 is 0 Å². The van der Waals surface area contributed by atoms with Gasteiger partial charge in [0.15, 0.2) is 0 Å². The first kappa shape index (κ1) is 11.3. The van der Waals surface area contributed by atoms with Gasteiger partial charge in [0.1, 0.15) is 0 Å². The van der Waals surface area contributed by atoms with Gasteiger partial charge in [-0.15, -0.1) is 11.8 Å². The third kappa shape index (κ3) is 3.14. The maximum Gasteiger partial charge on any atom is 0.00324 e. The normalized spacial score (nSPS) is 15.3. The minimum atomic E-state index is 1.03. The molecule has 0 amide bonds. The second-order valence-electron chi connectivity index (χ2n) is 3.82. The molecular weight excluding hydrogens is 212 g/mol. The van der Waals surface area contributed by atoms with E-state index >= 15 is 0 Å². The van der Waals surface area contributed by atoms with Crippen LogP contribution in [0.5, 0.6) is 0 Å². The largest absolute Gasteiger partial charge is 0.130 e. The van der Waals surface area contributed by atoms with Gasteiger partial charge < -0.3 is 0 Å². The molecule has 0 spiro atoms. The number of benzene rings is 1. The Morgan fingerprint density at radius 3 is 2.62 bits per heavy atom. The Morgan fingerprint density at radius 2 is 1.88 bits per heavy atom. The Balaban J connectivity index is 2.05. The van der Waals surface area contributed by atoms with Crippen molar-refractivity contribution in [2.75, 3.05) is 6.26 Å². The molecule has 0 saturated carbocycles. The zero-order chi connectivity index (χ0) is 11.2. The molecule has 0 saturated heterocycles. The minimum absolute atomic E-state index is 1.03. The Hall–Kier alpha value is -1.21. The molecule has 0 aliphatic heterocycles. The SMILES string of the molecule is CSC1=CCC=C(Cc2ccccc2)C=C1. The van der Waals surface area contributed by atoms with Crippen molar-refractivity contribution in [3.05, 3.63) is 70.7 Å². The second-order valence-corrected chi connectivity index (χ2v) is 4.70. The average molecular weight is 228 g/mol. The van der Waals surface area contributed by atoms with Crippen LogP contribution >= 0.6 is 11.8 Å². The fraction of sp³-hybridized carbons (Fsp3) is 0.200. The van der Waals surface area contributed by atoms with Gasteiger partial charge in [0.2, 0.25) is 0 Å². The zero-order valence-corrected chi connectivity index (χ0v) is 10.3. The van der Waals surface area contributed by atoms with Crippen LogP contribution in [0.4, 0.5) is 0 Å². The van der Waals surface area contributed by atoms with Gasteiger partial charge in [-0.3, -0.25) is 0 Å². The lowest BCUT2D eigenvalue weighted by Gasteiger charge is -2.01. The van der Waals surface area contributed by atoms with Crippen molar-refractivity contribution in [3.63, 3.8) is 0 Å². The van der Waals surface area contributed by atoms with E-state index in [0.29, 0.717) is 0 Å². The monoisotopic (exact) mass is 228 g/mol. The lowest BCUT2D eigenvalue weighted by atomic mass is 10.0. The first-order chi connectivity index (χ1) is 7.88. The van der Waals surface area contributed by atoms with Gasteiger partial charge in [-0.25, -0.2) is 0 Å². The highest BCUT2D eigenvalue weighted by Gasteiger charge is 1.99. The molecule has 1 aromatic carbocycles. The quantitative estimate of drug-likeness (QED) is 0.740. The molecule has 82 valence electrons. The third-order valence-electron chi connectivity index (χ3n) is 2.65. The standard InChI is InChI=1S/C15H16S/c1-16-15-9-5-8-14(10-11-15)12-13-6-3-2-4-7-13/h2-4,6-11H,5,12H2,1H3. The van der Waals surface area contributed by atoms with Crippen molar-refractivity contribution in [3.8, 4) is 0 Å². The van der Waals surface area contributed by atoms with Crippen molar-refractivity contribution in [1.82, 2.24) is 0 Å². The molecule has 16 heavy (non-hydrogen) atoms. The van der Waals surface area contributed by atoms with Crippen molar-refractivity contribution in [1.29, 1.82) is 0 Å². The highest BCUT2D eigenvalue weighted by Crippen LogP contribution is 2.20. The van der Waals surface area contributed by atoms with Gasteiger partial charge in [-0.1, -0.05) is 48.6 Å². The van der Waals surface area contributed by atoms with Crippen LogP contribution in [0.2, 0.25) is 0 Å². The minimum Gasteiger partial charge on any atom is -0.130 e. The summed E-state index contributed by atoms with van der Waals surface area (Å²) in [6, 6.07) is 10.6. The number of hydrogen-bond acceptors (Lipinski definition) is 1. The first-order valence-corrected chi connectivity index (χ1v) is 6.76. The van der Waals surface area contributed by atoms with Crippen molar-refractivity contribution >= 4 is 11.8 Å². The Kier molecular flexibility index (Phi) is 4.06. The molecule has 0 atom stereocenters. The summed E-state index contributed by atoms with van der Waals surface area (Å²) in [6.07, 6.45) is 13.2. The van der Waals surface area contributed by atoms with Crippen molar-refractivity contribution in [2.45, 2.75) is 12.8 Å². The summed E-state index contributed by atoms with van der Waals surface area (Å²) in [5.74, 6) is 0. The summed E-state index contributed by atoms with van der Waals surface area (Å²) in [6.45, 7) is 0. The van der Waals surface area contributed by atoms with Crippen LogP contribution < -0.4 is 0 Å². The van der Waals surface area contributed by atoms with Crippen LogP contribution in [-0.4, -0.2) is 6.26 Å². The van der Waals surface area contributed by atoms with E-state index in [1.54, 1.807) is 0 Å². The van der Waals surface area contributed by atoms with E-state index in [0.717, 1.165) is 12.8 Å². The van der Waals surface area contributed by atoms with E-state index in [1.165, 1.54) is 16.0 Å². The molecule has 0 radical (unpaired) electrons. The van der Waals surface area contributed by atoms with Gasteiger partial charge in [0.05, 0.1) is 0 Å². The molecule has 0 aromatic heterocycles. The predicted molar refractivity (Wildman–Crippen MR) is 73.6 cm³/mol. The lowest BCUT2D eigenvalue weighted by molar-refractivity contribution is 1.17. The molecule has 2 rings (SSSR count). The zero-order valence-electron chi connectivity index (χ0n) is 9.52. The molecule has 0 bridgehead atoms. The average Bonchev–Trinajstić information content (AvgIpc) is 2.56. The Morgan fingerprint density at radius 1 is 1.06 bits per heavy atom. The van der Waals surface area contributed by atoms with Crippen LogP contribution in [0.15, 0.2) is 65.1 Å². The second kappa shape index (κ2) is 5.76. The molecule has 1 heteroatoms. The van der Waals surface area contributed by atoms with E-state index in [1.807, 2.05) is 11.8 Å². The summed E-state index contributed by atoms with van der Waals surface area (Å²) in [5.41, 5.74) is 2.79. The molecule has 1 aromatic rings. The van der Waals surface area contributed by atoms with Gasteiger partial charge in [0, 0.05) is 4.91 Å². The van der Waals surface area contributed by atoms with E-state index in [9.17, 15) is 0 Å². The van der Waals surface area contributed by atoms with Crippen LogP contribution in [0.25, 0.3) is 0 Å². The molecule has 0 N–H and O–H groups in total. The first-order valence-electron chi connectivity index (χ1n) is 5.53. The van der Waals surface area contributed by atoms with Gasteiger partial charge in [-0.05, 0) is 36.3 Å². The summed E-state index contributed by atoms with van der Waals surface area (Å²) >= 11 is 1.81. The topological polar surface area (TPSA) is 0 Å². The lowest BCUT2D eigenvalue weighted by Crippen LogP contribution is -1.86. The summed E-state index contributed by atoms with van der Waals surface area (Å²) in [5, 5.41) is 0. The molecule has 1 aliphatic rings. The Labute approximate surface area is 102 Å². The number of thioether (sulfide) groups is 1. The summed E-state index contributed by atoms with van der Waals surface area (Å²) in [4.78, 5) is 1.36. The molecule has 0 heterocycles. The fourth-order valence-corrected chi connectivity index (χ4v) is 2.23. The van der Waals surface area contributed by atoms with E-state index in [-0.39, 0.29) is 0 Å². The number of rotatable bonds is 3. The third-order valence-corrected chi connectivity index (χ3v) is 3.42. The van der Waals surface area contributed by atoms with Crippen molar-refractivity contribution in [2.24, 2.45) is 0 Å². The maximum absolute atomic E-state index is 2.31. The van der Waals surface area contributed by atoms with Crippen LogP contribution in [-0.2, 0) is 6.42 Å². The van der Waals surface area contributed by atoms with Gasteiger partial charge in [0.25, 0.3) is 0 Å². The van der Waals surface area contributed by atoms with E-state index in [4.69, 9.17) is 0 Å². The van der Waals surface area contributed by atoms with E-state index in [2.05, 4.69) is 60.9 Å².